The molecule has 1 aromatic carbocycles. The first-order valence-electron chi connectivity index (χ1n) is 5.48. The zero-order valence-electron chi connectivity index (χ0n) is 10.4. The molecule has 0 aliphatic rings. The summed E-state index contributed by atoms with van der Waals surface area (Å²) in [5, 5.41) is 7.88. The number of nitrogens with two attached hydrogens (primary N) is 1. The molecule has 18 heavy (non-hydrogen) atoms. The zero-order chi connectivity index (χ0) is 13.5. The van der Waals surface area contributed by atoms with E-state index in [1.165, 1.54) is 12.1 Å². The maximum atomic E-state index is 13.4. The second-order valence-corrected chi connectivity index (χ2v) is 5.94. The fourth-order valence-corrected chi connectivity index (χ4v) is 2.23. The standard InChI is InChI=1S/C12H14BrFN4/c1-12(2,3)10-11(15)16-17-18(10)9-6-7(14)4-5-8(9)13/h4-6H,15H2,1-3H3. The number of hydrogen-bond donors (Lipinski definition) is 1. The van der Waals surface area contributed by atoms with E-state index in [0.717, 1.165) is 10.2 Å². The summed E-state index contributed by atoms with van der Waals surface area (Å²) in [5.74, 6) is 0.0285. The number of nitrogen functional groups attached to an aromatic ring is 1. The van der Waals surface area contributed by atoms with E-state index in [1.807, 2.05) is 20.8 Å². The maximum Gasteiger partial charge on any atom is 0.170 e. The minimum atomic E-state index is -0.331. The molecule has 4 nitrogen and oxygen atoms in total. The van der Waals surface area contributed by atoms with Crippen LogP contribution in [-0.4, -0.2) is 15.0 Å². The lowest BCUT2D eigenvalue weighted by molar-refractivity contribution is 0.542. The Hall–Kier alpha value is -1.43. The van der Waals surface area contributed by atoms with E-state index in [9.17, 15) is 4.39 Å². The van der Waals surface area contributed by atoms with E-state index in [4.69, 9.17) is 5.73 Å². The summed E-state index contributed by atoms with van der Waals surface area (Å²) in [4.78, 5) is 0. The zero-order valence-corrected chi connectivity index (χ0v) is 12.0. The monoisotopic (exact) mass is 312 g/mol. The van der Waals surface area contributed by atoms with Crippen molar-refractivity contribution in [3.63, 3.8) is 0 Å². The smallest absolute Gasteiger partial charge is 0.170 e. The normalized spacial score (nSPS) is 11.8. The Morgan fingerprint density at radius 3 is 2.61 bits per heavy atom. The Bertz CT molecular complexity index is 586. The van der Waals surface area contributed by atoms with Crippen LogP contribution >= 0.6 is 15.9 Å². The van der Waals surface area contributed by atoms with Crippen LogP contribution in [0, 0.1) is 5.82 Å². The lowest BCUT2D eigenvalue weighted by Crippen LogP contribution is -2.19. The highest BCUT2D eigenvalue weighted by Gasteiger charge is 2.25. The minimum Gasteiger partial charge on any atom is -0.381 e. The summed E-state index contributed by atoms with van der Waals surface area (Å²) in [6.07, 6.45) is 0. The molecule has 0 unspecified atom stereocenters. The van der Waals surface area contributed by atoms with Gasteiger partial charge in [-0.2, -0.15) is 0 Å². The van der Waals surface area contributed by atoms with Crippen LogP contribution in [0.15, 0.2) is 22.7 Å². The van der Waals surface area contributed by atoms with Gasteiger partial charge in [0.25, 0.3) is 0 Å². The van der Waals surface area contributed by atoms with Gasteiger partial charge in [0.2, 0.25) is 0 Å². The molecule has 0 atom stereocenters. The highest BCUT2D eigenvalue weighted by Crippen LogP contribution is 2.31. The van der Waals surface area contributed by atoms with Gasteiger partial charge in [-0.15, -0.1) is 5.10 Å². The lowest BCUT2D eigenvalue weighted by Gasteiger charge is -2.20. The van der Waals surface area contributed by atoms with Crippen LogP contribution in [0.2, 0.25) is 0 Å². The Morgan fingerprint density at radius 2 is 2.00 bits per heavy atom. The van der Waals surface area contributed by atoms with E-state index >= 15 is 0 Å². The molecule has 1 heterocycles. The molecular formula is C12H14BrFN4. The average Bonchev–Trinajstić information content (AvgIpc) is 2.63. The molecule has 0 bridgehead atoms. The van der Waals surface area contributed by atoms with Crippen molar-refractivity contribution in [3.8, 4) is 5.69 Å². The van der Waals surface area contributed by atoms with Crippen LogP contribution in [-0.2, 0) is 5.41 Å². The van der Waals surface area contributed by atoms with E-state index in [1.54, 1.807) is 10.7 Å². The summed E-state index contributed by atoms with van der Waals surface area (Å²) < 4.78 is 15.7. The first-order valence-corrected chi connectivity index (χ1v) is 6.27. The van der Waals surface area contributed by atoms with Gasteiger partial charge in [-0.25, -0.2) is 9.07 Å². The molecule has 0 radical (unpaired) electrons. The number of anilines is 1. The maximum absolute atomic E-state index is 13.4. The highest BCUT2D eigenvalue weighted by atomic mass is 79.9. The van der Waals surface area contributed by atoms with Gasteiger partial charge in [0, 0.05) is 16.0 Å². The SMILES string of the molecule is CC(C)(C)c1c(N)nnn1-c1cc(F)ccc1Br. The average molecular weight is 313 g/mol. The summed E-state index contributed by atoms with van der Waals surface area (Å²) in [6.45, 7) is 6.02. The minimum absolute atomic E-state index is 0.237. The molecule has 0 aliphatic carbocycles. The predicted molar refractivity (Wildman–Crippen MR) is 72.1 cm³/mol. The van der Waals surface area contributed by atoms with Crippen LogP contribution in [0.5, 0.6) is 0 Å². The molecule has 0 saturated heterocycles. The lowest BCUT2D eigenvalue weighted by atomic mass is 9.91. The van der Waals surface area contributed by atoms with Gasteiger partial charge in [-0.1, -0.05) is 26.0 Å². The van der Waals surface area contributed by atoms with Crippen molar-refractivity contribution in [2.75, 3.05) is 5.73 Å². The summed E-state index contributed by atoms with van der Waals surface area (Å²) >= 11 is 3.38. The van der Waals surface area contributed by atoms with Crippen molar-refractivity contribution in [1.29, 1.82) is 0 Å². The van der Waals surface area contributed by atoms with E-state index in [0.29, 0.717) is 11.5 Å². The molecule has 0 amide bonds. The largest absolute Gasteiger partial charge is 0.381 e. The number of halogens is 2. The van der Waals surface area contributed by atoms with Crippen LogP contribution in [0.25, 0.3) is 5.69 Å². The molecule has 2 N–H and O–H groups in total. The number of benzene rings is 1. The van der Waals surface area contributed by atoms with Crippen molar-refractivity contribution >= 4 is 21.7 Å². The number of nitrogens with zero attached hydrogens (tertiary/aromatic N) is 3. The number of rotatable bonds is 1. The number of hydrogen-bond acceptors (Lipinski definition) is 3. The Kier molecular flexibility index (Phi) is 3.14. The van der Waals surface area contributed by atoms with Gasteiger partial charge in [0.1, 0.15) is 5.82 Å². The molecule has 2 rings (SSSR count). The van der Waals surface area contributed by atoms with E-state index < -0.39 is 0 Å². The van der Waals surface area contributed by atoms with Gasteiger partial charge in [-0.3, -0.25) is 0 Å². The molecule has 0 saturated carbocycles. The van der Waals surface area contributed by atoms with Crippen molar-refractivity contribution in [3.05, 3.63) is 34.2 Å². The van der Waals surface area contributed by atoms with E-state index in [-0.39, 0.29) is 11.2 Å². The Morgan fingerprint density at radius 1 is 1.33 bits per heavy atom. The fraction of sp³-hybridized carbons (Fsp3) is 0.333. The van der Waals surface area contributed by atoms with Crippen LogP contribution in [0.1, 0.15) is 26.5 Å². The van der Waals surface area contributed by atoms with Crippen molar-refractivity contribution in [2.45, 2.75) is 26.2 Å². The van der Waals surface area contributed by atoms with E-state index in [2.05, 4.69) is 26.2 Å². The second-order valence-electron chi connectivity index (χ2n) is 5.08. The summed E-state index contributed by atoms with van der Waals surface area (Å²) in [7, 11) is 0. The molecular weight excluding hydrogens is 299 g/mol. The Balaban J connectivity index is 2.69. The second kappa shape index (κ2) is 4.35. The highest BCUT2D eigenvalue weighted by molar-refractivity contribution is 9.10. The quantitative estimate of drug-likeness (QED) is 0.880. The first-order chi connectivity index (χ1) is 8.30. The van der Waals surface area contributed by atoms with Gasteiger partial charge in [0.05, 0.1) is 11.4 Å². The van der Waals surface area contributed by atoms with Gasteiger partial charge in [-0.05, 0) is 28.1 Å². The Labute approximate surface area is 113 Å². The topological polar surface area (TPSA) is 56.7 Å². The fourth-order valence-electron chi connectivity index (χ4n) is 1.81. The third kappa shape index (κ3) is 2.25. The van der Waals surface area contributed by atoms with Crippen molar-refractivity contribution in [2.24, 2.45) is 0 Å². The van der Waals surface area contributed by atoms with Crippen LogP contribution in [0.3, 0.4) is 0 Å². The molecule has 1 aromatic heterocycles. The molecule has 2 aromatic rings. The van der Waals surface area contributed by atoms with Gasteiger partial charge in [0.15, 0.2) is 5.82 Å². The summed E-state index contributed by atoms with van der Waals surface area (Å²) in [5.41, 5.74) is 6.96. The first kappa shape index (κ1) is 13.0. The van der Waals surface area contributed by atoms with Gasteiger partial charge >= 0.3 is 0 Å². The number of aromatic nitrogens is 3. The predicted octanol–water partition coefficient (Wildman–Crippen LogP) is 3.05. The summed E-state index contributed by atoms with van der Waals surface area (Å²) in [6, 6.07) is 4.41. The molecule has 0 fully saturated rings. The van der Waals surface area contributed by atoms with Crippen molar-refractivity contribution in [1.82, 2.24) is 15.0 Å². The van der Waals surface area contributed by atoms with Crippen LogP contribution in [0.4, 0.5) is 10.2 Å². The molecule has 0 aliphatic heterocycles. The van der Waals surface area contributed by atoms with Gasteiger partial charge < -0.3 is 5.73 Å². The third-order valence-corrected chi connectivity index (χ3v) is 3.21. The van der Waals surface area contributed by atoms with Crippen molar-refractivity contribution < 1.29 is 4.39 Å². The van der Waals surface area contributed by atoms with Crippen LogP contribution < -0.4 is 5.73 Å². The molecule has 0 spiro atoms. The molecule has 96 valence electrons. The third-order valence-electron chi connectivity index (χ3n) is 2.54. The molecule has 6 heteroatoms.